The Morgan fingerprint density at radius 3 is 2.54 bits per heavy atom. The summed E-state index contributed by atoms with van der Waals surface area (Å²) < 4.78 is 5.98. The summed E-state index contributed by atoms with van der Waals surface area (Å²) in [7, 11) is 0. The van der Waals surface area contributed by atoms with Crippen LogP contribution in [0.2, 0.25) is 5.02 Å². The second-order valence-electron chi connectivity index (χ2n) is 9.43. The Morgan fingerprint density at radius 1 is 0.914 bits per heavy atom. The van der Waals surface area contributed by atoms with Crippen molar-refractivity contribution in [3.05, 3.63) is 105 Å². The zero-order chi connectivity index (χ0) is 23.8. The number of rotatable bonds is 3. The van der Waals surface area contributed by atoms with Crippen molar-refractivity contribution in [2.75, 3.05) is 13.1 Å². The van der Waals surface area contributed by atoms with E-state index < -0.39 is 0 Å². The lowest BCUT2D eigenvalue weighted by Gasteiger charge is -2.29. The van der Waals surface area contributed by atoms with Crippen LogP contribution in [0.15, 0.2) is 70.8 Å². The van der Waals surface area contributed by atoms with Crippen LogP contribution in [-0.2, 0) is 19.4 Å². The van der Waals surface area contributed by atoms with Crippen LogP contribution in [0.25, 0.3) is 17.0 Å². The third kappa shape index (κ3) is 4.54. The minimum Gasteiger partial charge on any atom is -0.419 e. The summed E-state index contributed by atoms with van der Waals surface area (Å²) in [5.41, 5.74) is 10.0. The molecule has 3 heterocycles. The second kappa shape index (κ2) is 9.40. The van der Waals surface area contributed by atoms with Crippen LogP contribution < -0.4 is 0 Å². The molecule has 6 heteroatoms. The van der Waals surface area contributed by atoms with Crippen molar-refractivity contribution in [2.45, 2.75) is 39.2 Å². The van der Waals surface area contributed by atoms with Gasteiger partial charge in [-0.1, -0.05) is 47.0 Å². The molecule has 0 saturated carbocycles. The lowest BCUT2D eigenvalue weighted by atomic mass is 9.88. The molecule has 0 unspecified atom stereocenters. The number of halogens is 1. The number of fused-ring (bicyclic) bond motifs is 2. The van der Waals surface area contributed by atoms with Gasteiger partial charge in [-0.15, -0.1) is 10.2 Å². The minimum atomic E-state index is 0.580. The topological polar surface area (TPSA) is 55.1 Å². The zero-order valence-electron chi connectivity index (χ0n) is 19.8. The van der Waals surface area contributed by atoms with E-state index in [0.717, 1.165) is 55.1 Å². The number of aromatic nitrogens is 3. The van der Waals surface area contributed by atoms with Crippen molar-refractivity contribution >= 4 is 17.2 Å². The Hall–Kier alpha value is -3.28. The highest BCUT2D eigenvalue weighted by atomic mass is 35.5. The molecule has 0 bridgehead atoms. The van der Waals surface area contributed by atoms with Crippen molar-refractivity contribution in [1.29, 1.82) is 0 Å². The van der Waals surface area contributed by atoms with Gasteiger partial charge in [0.1, 0.15) is 0 Å². The average molecular weight is 483 g/mol. The number of hydrogen-bond donors (Lipinski definition) is 0. The van der Waals surface area contributed by atoms with Crippen molar-refractivity contribution in [2.24, 2.45) is 0 Å². The first-order valence-corrected chi connectivity index (χ1v) is 12.6. The second-order valence-corrected chi connectivity index (χ2v) is 9.87. The third-order valence-electron chi connectivity index (χ3n) is 7.07. The summed E-state index contributed by atoms with van der Waals surface area (Å²) in [6.07, 6.45) is 5.87. The number of hydrogen-bond acceptors (Lipinski definition) is 5. The molecule has 0 spiro atoms. The molecule has 0 N–H and O–H groups in total. The molecular weight excluding hydrogens is 456 g/mol. The van der Waals surface area contributed by atoms with Crippen molar-refractivity contribution < 1.29 is 4.42 Å². The van der Waals surface area contributed by atoms with Crippen molar-refractivity contribution in [3.8, 4) is 11.5 Å². The molecule has 6 rings (SSSR count). The molecule has 1 saturated heterocycles. The van der Waals surface area contributed by atoms with Gasteiger partial charge in [0.15, 0.2) is 0 Å². The highest BCUT2D eigenvalue weighted by molar-refractivity contribution is 6.30. The van der Waals surface area contributed by atoms with Crippen molar-refractivity contribution in [1.82, 2.24) is 20.1 Å². The molecule has 2 aliphatic rings. The number of likely N-dealkylation sites (tertiary alicyclic amines) is 1. The Kier molecular flexibility index (Phi) is 5.96. The summed E-state index contributed by atoms with van der Waals surface area (Å²) >= 11 is 6.36. The highest BCUT2D eigenvalue weighted by Gasteiger charge is 2.25. The molecule has 5 nitrogen and oxygen atoms in total. The van der Waals surface area contributed by atoms with Gasteiger partial charge in [-0.2, -0.15) is 0 Å². The Bertz CT molecular complexity index is 1400. The number of aryl methyl sites for hydroxylation is 3. The van der Waals surface area contributed by atoms with E-state index in [2.05, 4.69) is 52.4 Å². The molecule has 2 aromatic heterocycles. The van der Waals surface area contributed by atoms with Crippen LogP contribution in [0.3, 0.4) is 0 Å². The van der Waals surface area contributed by atoms with Gasteiger partial charge in [0, 0.05) is 35.4 Å². The van der Waals surface area contributed by atoms with Gasteiger partial charge >= 0.3 is 0 Å². The Morgan fingerprint density at radius 2 is 1.71 bits per heavy atom. The zero-order valence-corrected chi connectivity index (χ0v) is 20.6. The van der Waals surface area contributed by atoms with E-state index >= 15 is 0 Å². The molecule has 35 heavy (non-hydrogen) atoms. The summed E-state index contributed by atoms with van der Waals surface area (Å²) in [6, 6.07) is 18.7. The first-order valence-electron chi connectivity index (χ1n) is 12.2. The molecular formula is C29H27ClN4O. The van der Waals surface area contributed by atoms with Crippen LogP contribution in [0, 0.1) is 6.92 Å². The van der Waals surface area contributed by atoms with Gasteiger partial charge in [-0.3, -0.25) is 9.88 Å². The number of pyridine rings is 1. The maximum atomic E-state index is 6.36. The SMILES string of the molecule is Cc1ccc(-c2nnc(CN3CCC(=C4c5ccc(Cl)cc5CCc5cccnc54)CC3)o2)cc1. The standard InChI is InChI=1S/C29H27ClN4O/c1-19-4-6-22(7-5-19)29-33-32-26(35-29)18-34-15-12-20(13-16-34)27-25-11-10-24(30)17-23(25)9-8-21-3-2-14-31-28(21)27/h2-7,10-11,14,17H,8-9,12-13,15-16,18H2,1H3. The lowest BCUT2D eigenvalue weighted by molar-refractivity contribution is 0.225. The highest BCUT2D eigenvalue weighted by Crippen LogP contribution is 2.38. The van der Waals surface area contributed by atoms with E-state index in [-0.39, 0.29) is 0 Å². The van der Waals surface area contributed by atoms with Gasteiger partial charge in [0.2, 0.25) is 11.8 Å². The van der Waals surface area contributed by atoms with E-state index in [1.54, 1.807) is 0 Å². The van der Waals surface area contributed by atoms with E-state index in [9.17, 15) is 0 Å². The molecule has 1 aliphatic carbocycles. The number of benzene rings is 2. The average Bonchev–Trinajstić information content (AvgIpc) is 3.27. The van der Waals surface area contributed by atoms with Crippen LogP contribution in [0.5, 0.6) is 0 Å². The van der Waals surface area contributed by atoms with Gasteiger partial charge in [0.05, 0.1) is 12.2 Å². The molecule has 4 aromatic rings. The van der Waals surface area contributed by atoms with E-state index in [0.29, 0.717) is 18.3 Å². The molecule has 1 aliphatic heterocycles. The smallest absolute Gasteiger partial charge is 0.247 e. The van der Waals surface area contributed by atoms with E-state index in [1.807, 2.05) is 30.5 Å². The summed E-state index contributed by atoms with van der Waals surface area (Å²) in [6.45, 7) is 4.64. The quantitative estimate of drug-likeness (QED) is 0.343. The summed E-state index contributed by atoms with van der Waals surface area (Å²) in [5, 5.41) is 9.37. The number of nitrogens with zero attached hydrogens (tertiary/aromatic N) is 4. The fraction of sp³-hybridized carbons (Fsp3) is 0.276. The van der Waals surface area contributed by atoms with Gasteiger partial charge in [0.25, 0.3) is 0 Å². The van der Waals surface area contributed by atoms with Gasteiger partial charge in [-0.25, -0.2) is 0 Å². The molecule has 0 atom stereocenters. The maximum Gasteiger partial charge on any atom is 0.247 e. The Balaban J connectivity index is 1.24. The largest absolute Gasteiger partial charge is 0.419 e. The van der Waals surface area contributed by atoms with Gasteiger partial charge in [-0.05, 0) is 79.6 Å². The first kappa shape index (κ1) is 22.2. The van der Waals surface area contributed by atoms with Crippen LogP contribution >= 0.6 is 11.6 Å². The molecule has 0 amide bonds. The van der Waals surface area contributed by atoms with Gasteiger partial charge < -0.3 is 4.42 Å². The van der Waals surface area contributed by atoms with Crippen LogP contribution in [0.4, 0.5) is 0 Å². The predicted molar refractivity (Wildman–Crippen MR) is 138 cm³/mol. The summed E-state index contributed by atoms with van der Waals surface area (Å²) in [5.74, 6) is 1.24. The normalized spacial score (nSPS) is 16.1. The summed E-state index contributed by atoms with van der Waals surface area (Å²) in [4.78, 5) is 7.24. The molecule has 0 radical (unpaired) electrons. The first-order chi connectivity index (χ1) is 17.1. The molecule has 2 aromatic carbocycles. The number of piperidine rings is 1. The van der Waals surface area contributed by atoms with Crippen LogP contribution in [0.1, 0.15) is 46.7 Å². The molecule has 176 valence electrons. The predicted octanol–water partition coefficient (Wildman–Crippen LogP) is 6.29. The lowest BCUT2D eigenvalue weighted by Crippen LogP contribution is -2.30. The fourth-order valence-electron chi connectivity index (χ4n) is 5.19. The Labute approximate surface area is 210 Å². The fourth-order valence-corrected chi connectivity index (χ4v) is 5.38. The van der Waals surface area contributed by atoms with Crippen LogP contribution in [-0.4, -0.2) is 33.2 Å². The maximum absolute atomic E-state index is 6.36. The third-order valence-corrected chi connectivity index (χ3v) is 7.30. The van der Waals surface area contributed by atoms with E-state index in [1.165, 1.54) is 33.4 Å². The van der Waals surface area contributed by atoms with Crippen molar-refractivity contribution in [3.63, 3.8) is 0 Å². The minimum absolute atomic E-state index is 0.580. The van der Waals surface area contributed by atoms with E-state index in [4.69, 9.17) is 21.0 Å². The monoisotopic (exact) mass is 482 g/mol. The molecule has 1 fully saturated rings.